The number of para-hydroxylation sites is 1. The van der Waals surface area contributed by atoms with E-state index >= 15 is 0 Å². The second kappa shape index (κ2) is 7.08. The number of halogens is 3. The average Bonchev–Trinajstić information content (AvgIpc) is 3.15. The summed E-state index contributed by atoms with van der Waals surface area (Å²) < 4.78 is 44.7. The Morgan fingerprint density at radius 2 is 2.07 bits per heavy atom. The molecule has 0 saturated carbocycles. The van der Waals surface area contributed by atoms with E-state index in [0.29, 0.717) is 6.61 Å². The third kappa shape index (κ3) is 3.58. The van der Waals surface area contributed by atoms with Crippen molar-refractivity contribution in [3.8, 4) is 5.75 Å². The van der Waals surface area contributed by atoms with Crippen molar-refractivity contribution in [1.82, 2.24) is 10.4 Å². The van der Waals surface area contributed by atoms with Crippen LogP contribution in [0.1, 0.15) is 27.0 Å². The number of carbonyl (C=O) groups is 1. The molecular formula is C20H14F3N3O3. The fraction of sp³-hybridized carbons (Fsp3) is 0.150. The summed E-state index contributed by atoms with van der Waals surface area (Å²) in [5.41, 5.74) is 1.50. The molecule has 148 valence electrons. The number of nitrogens with one attached hydrogen (secondary N) is 2. The number of carbonyl (C=O) groups excluding carboxylic acids is 1. The molecule has 1 aromatic heterocycles. The Bertz CT molecular complexity index is 1200. The Kier molecular flexibility index (Phi) is 4.57. The monoisotopic (exact) mass is 401 g/mol. The van der Waals surface area contributed by atoms with Crippen LogP contribution in [0.25, 0.3) is 10.9 Å². The van der Waals surface area contributed by atoms with Crippen molar-refractivity contribution in [1.29, 1.82) is 0 Å². The van der Waals surface area contributed by atoms with E-state index in [2.05, 4.69) is 15.5 Å². The van der Waals surface area contributed by atoms with Gasteiger partial charge in [-0.05, 0) is 41.5 Å². The molecule has 3 aromatic rings. The van der Waals surface area contributed by atoms with Gasteiger partial charge in [-0.1, -0.05) is 6.07 Å². The lowest BCUT2D eigenvalue weighted by molar-refractivity contribution is -0.136. The Morgan fingerprint density at radius 1 is 1.24 bits per heavy atom. The van der Waals surface area contributed by atoms with Crippen LogP contribution in [0, 0.1) is 0 Å². The molecule has 0 radical (unpaired) electrons. The van der Waals surface area contributed by atoms with Crippen LogP contribution in [-0.2, 0) is 12.6 Å². The van der Waals surface area contributed by atoms with Crippen LogP contribution in [0.3, 0.4) is 0 Å². The van der Waals surface area contributed by atoms with E-state index in [0.717, 1.165) is 41.6 Å². The largest absolute Gasteiger partial charge is 0.493 e. The van der Waals surface area contributed by atoms with Crippen LogP contribution in [0.4, 0.5) is 13.2 Å². The summed E-state index contributed by atoms with van der Waals surface area (Å²) in [5.74, 6) is -0.0154. The number of hydrogen-bond donors (Lipinski definition) is 2. The Balaban J connectivity index is 1.57. The van der Waals surface area contributed by atoms with Crippen LogP contribution in [-0.4, -0.2) is 23.7 Å². The minimum Gasteiger partial charge on any atom is -0.493 e. The van der Waals surface area contributed by atoms with E-state index in [-0.39, 0.29) is 16.5 Å². The number of nitrogens with zero attached hydrogens (tertiary/aromatic N) is 1. The fourth-order valence-corrected chi connectivity index (χ4v) is 3.17. The number of H-pyrrole nitrogens is 1. The highest BCUT2D eigenvalue weighted by Crippen LogP contribution is 2.33. The number of pyridine rings is 1. The summed E-state index contributed by atoms with van der Waals surface area (Å²) in [6, 6.07) is 8.66. The topological polar surface area (TPSA) is 83.5 Å². The molecule has 2 N–H and O–H groups in total. The van der Waals surface area contributed by atoms with Crippen LogP contribution in [0.15, 0.2) is 52.5 Å². The number of ether oxygens (including phenoxy) is 1. The maximum Gasteiger partial charge on any atom is 0.418 e. The number of alkyl halides is 3. The molecule has 9 heteroatoms. The van der Waals surface area contributed by atoms with Gasteiger partial charge in [0.2, 0.25) is 5.43 Å². The first-order chi connectivity index (χ1) is 13.8. The van der Waals surface area contributed by atoms with Crippen molar-refractivity contribution < 1.29 is 22.7 Å². The quantitative estimate of drug-likeness (QED) is 0.522. The molecule has 1 amide bonds. The predicted molar refractivity (Wildman–Crippen MR) is 100 cm³/mol. The summed E-state index contributed by atoms with van der Waals surface area (Å²) in [7, 11) is 0. The van der Waals surface area contributed by atoms with Crippen LogP contribution >= 0.6 is 0 Å². The van der Waals surface area contributed by atoms with Gasteiger partial charge < -0.3 is 9.72 Å². The molecule has 0 unspecified atom stereocenters. The molecule has 2 heterocycles. The van der Waals surface area contributed by atoms with Crippen molar-refractivity contribution in [3.05, 3.63) is 75.1 Å². The van der Waals surface area contributed by atoms with E-state index < -0.39 is 23.1 Å². The lowest BCUT2D eigenvalue weighted by atomic mass is 10.1. The number of amides is 1. The first-order valence-electron chi connectivity index (χ1n) is 8.65. The van der Waals surface area contributed by atoms with Crippen molar-refractivity contribution in [2.75, 3.05) is 6.61 Å². The van der Waals surface area contributed by atoms with E-state index in [1.54, 1.807) is 12.1 Å². The van der Waals surface area contributed by atoms with Gasteiger partial charge in [0.25, 0.3) is 5.91 Å². The first kappa shape index (κ1) is 18.7. The molecule has 0 saturated heterocycles. The highest BCUT2D eigenvalue weighted by atomic mass is 19.4. The highest BCUT2D eigenvalue weighted by Gasteiger charge is 2.33. The van der Waals surface area contributed by atoms with E-state index in [4.69, 9.17) is 4.74 Å². The van der Waals surface area contributed by atoms with Gasteiger partial charge in [0.1, 0.15) is 11.3 Å². The fourth-order valence-electron chi connectivity index (χ4n) is 3.17. The molecule has 0 aliphatic carbocycles. The van der Waals surface area contributed by atoms with Crippen LogP contribution in [0.2, 0.25) is 0 Å². The molecular weight excluding hydrogens is 387 g/mol. The molecule has 0 spiro atoms. The molecule has 0 bridgehead atoms. The Morgan fingerprint density at radius 3 is 2.86 bits per heavy atom. The highest BCUT2D eigenvalue weighted by molar-refractivity contribution is 5.98. The van der Waals surface area contributed by atoms with Gasteiger partial charge in [-0.15, -0.1) is 0 Å². The van der Waals surface area contributed by atoms with Gasteiger partial charge in [0.05, 0.1) is 23.9 Å². The molecule has 1 aliphatic rings. The summed E-state index contributed by atoms with van der Waals surface area (Å²) >= 11 is 0. The minimum absolute atomic E-state index is 0.227. The lowest BCUT2D eigenvalue weighted by Crippen LogP contribution is -2.25. The zero-order chi connectivity index (χ0) is 20.6. The molecule has 29 heavy (non-hydrogen) atoms. The maximum atomic E-state index is 13.1. The van der Waals surface area contributed by atoms with E-state index in [1.165, 1.54) is 12.3 Å². The molecule has 2 aromatic carbocycles. The number of hydrazone groups is 1. The lowest BCUT2D eigenvalue weighted by Gasteiger charge is -2.10. The van der Waals surface area contributed by atoms with Crippen molar-refractivity contribution in [2.45, 2.75) is 12.6 Å². The molecule has 6 nitrogen and oxygen atoms in total. The Labute approximate surface area is 162 Å². The number of aromatic amines is 1. The van der Waals surface area contributed by atoms with Crippen molar-refractivity contribution >= 4 is 23.0 Å². The van der Waals surface area contributed by atoms with Crippen LogP contribution < -0.4 is 15.6 Å². The second-order valence-electron chi connectivity index (χ2n) is 6.42. The standard InChI is InChI=1S/C20H14F3N3O3/c21-20(22,23)15-3-1-2-13-17(15)24-10-14(18(13)27)19(28)26-25-9-11-4-5-16-12(8-11)6-7-29-16/h1-5,8-10H,6-7H2,(H,24,27)(H,26,28)/b25-9-. The van der Waals surface area contributed by atoms with Crippen LogP contribution in [0.5, 0.6) is 5.75 Å². The predicted octanol–water partition coefficient (Wildman–Crippen LogP) is 3.25. The summed E-state index contributed by atoms with van der Waals surface area (Å²) in [6.07, 6.45) is -1.47. The maximum absolute atomic E-state index is 13.1. The Hall–Kier alpha value is -3.62. The number of rotatable bonds is 3. The summed E-state index contributed by atoms with van der Waals surface area (Å²) in [5, 5.41) is 3.60. The molecule has 1 aliphatic heterocycles. The third-order valence-corrected chi connectivity index (χ3v) is 4.56. The zero-order valence-corrected chi connectivity index (χ0v) is 14.8. The molecule has 0 atom stereocenters. The summed E-state index contributed by atoms with van der Waals surface area (Å²) in [4.78, 5) is 27.2. The first-order valence-corrected chi connectivity index (χ1v) is 8.65. The number of benzene rings is 2. The molecule has 0 fully saturated rings. The third-order valence-electron chi connectivity index (χ3n) is 4.56. The van der Waals surface area contributed by atoms with Gasteiger partial charge in [-0.25, -0.2) is 5.43 Å². The minimum atomic E-state index is -4.63. The van der Waals surface area contributed by atoms with E-state index in [9.17, 15) is 22.8 Å². The zero-order valence-electron chi connectivity index (χ0n) is 14.8. The van der Waals surface area contributed by atoms with Gasteiger partial charge >= 0.3 is 6.18 Å². The molecule has 4 rings (SSSR count). The SMILES string of the molecule is O=C(N/N=C\c1ccc2c(c1)CCO2)c1c[nH]c2c(C(F)(F)F)cccc2c1=O. The van der Waals surface area contributed by atoms with E-state index in [1.807, 2.05) is 6.07 Å². The number of fused-ring (bicyclic) bond motifs is 2. The van der Waals surface area contributed by atoms with Crippen molar-refractivity contribution in [2.24, 2.45) is 5.10 Å². The van der Waals surface area contributed by atoms with Gasteiger partial charge in [0.15, 0.2) is 0 Å². The number of hydrogen-bond acceptors (Lipinski definition) is 4. The smallest absolute Gasteiger partial charge is 0.418 e. The van der Waals surface area contributed by atoms with Gasteiger partial charge in [-0.2, -0.15) is 18.3 Å². The second-order valence-corrected chi connectivity index (χ2v) is 6.42. The number of aromatic nitrogens is 1. The normalized spacial score (nSPS) is 13.5. The van der Waals surface area contributed by atoms with Gasteiger partial charge in [-0.3, -0.25) is 9.59 Å². The van der Waals surface area contributed by atoms with Gasteiger partial charge in [0, 0.05) is 18.0 Å². The van der Waals surface area contributed by atoms with Crippen molar-refractivity contribution in [3.63, 3.8) is 0 Å². The average molecular weight is 401 g/mol. The summed E-state index contributed by atoms with van der Waals surface area (Å²) in [6.45, 7) is 0.619.